The Bertz CT molecular complexity index is 1450. The molecule has 2 aromatic carbocycles. The minimum Gasteiger partial charge on any atom is -0.446 e. The Hall–Kier alpha value is -3.56. The lowest BCUT2D eigenvalue weighted by Gasteiger charge is -2.33. The van der Waals surface area contributed by atoms with E-state index in [1.807, 2.05) is 38.2 Å². The number of alkyl carbamates (subject to hydrolysis) is 1. The molecule has 3 heterocycles. The second kappa shape index (κ2) is 12.4. The number of likely N-dealkylation sites (tertiary alicyclic amines) is 1. The number of amides is 2. The highest BCUT2D eigenvalue weighted by molar-refractivity contribution is 6.34. The molecular weight excluding hydrogens is 552 g/mol. The van der Waals surface area contributed by atoms with Crippen molar-refractivity contribution in [1.82, 2.24) is 20.0 Å². The first-order chi connectivity index (χ1) is 20.0. The lowest BCUT2D eigenvalue weighted by molar-refractivity contribution is 0.0479. The number of aryl methyl sites for hydroxylation is 2. The van der Waals surface area contributed by atoms with Crippen LogP contribution in [0.1, 0.15) is 67.1 Å². The lowest BCUT2D eigenvalue weighted by atomic mass is 9.91. The number of hydrogen-bond donors (Lipinski definition) is 2. The number of rotatable bonds is 6. The number of benzene rings is 2. The van der Waals surface area contributed by atoms with Crippen molar-refractivity contribution in [1.29, 1.82) is 0 Å². The molecule has 1 aromatic heterocycles. The van der Waals surface area contributed by atoms with Gasteiger partial charge in [0.1, 0.15) is 11.9 Å². The van der Waals surface area contributed by atoms with Crippen molar-refractivity contribution in [3.05, 3.63) is 69.9 Å². The van der Waals surface area contributed by atoms with E-state index in [0.29, 0.717) is 22.5 Å². The van der Waals surface area contributed by atoms with Crippen LogP contribution in [-0.2, 0) is 24.9 Å². The molecule has 1 fully saturated rings. The number of aromatic nitrogens is 2. The number of piperidine rings is 1. The van der Waals surface area contributed by atoms with Crippen LogP contribution in [0.2, 0.25) is 5.02 Å². The number of ether oxygens (including phenoxy) is 1. The van der Waals surface area contributed by atoms with Gasteiger partial charge in [-0.1, -0.05) is 44.5 Å². The van der Waals surface area contributed by atoms with Gasteiger partial charge in [-0.3, -0.25) is 9.48 Å². The zero-order valence-electron chi connectivity index (χ0n) is 25.2. The smallest absolute Gasteiger partial charge is 0.407 e. The average Bonchev–Trinajstić information content (AvgIpc) is 3.19. The summed E-state index contributed by atoms with van der Waals surface area (Å²) in [6.45, 7) is 12.4. The molecule has 0 spiro atoms. The third kappa shape index (κ3) is 7.07. The molecule has 0 bridgehead atoms. The van der Waals surface area contributed by atoms with E-state index in [4.69, 9.17) is 16.3 Å². The molecule has 3 aromatic rings. The van der Waals surface area contributed by atoms with E-state index in [1.165, 1.54) is 0 Å². The van der Waals surface area contributed by atoms with Gasteiger partial charge in [-0.05, 0) is 73.5 Å². The number of nitrogens with zero attached hydrogens (tertiary/aromatic N) is 4. The molecule has 0 aliphatic carbocycles. The molecule has 5 rings (SSSR count). The highest BCUT2D eigenvalue weighted by atomic mass is 35.5. The summed E-state index contributed by atoms with van der Waals surface area (Å²) in [6.07, 6.45) is 4.10. The molecule has 2 amide bonds. The monoisotopic (exact) mass is 592 g/mol. The van der Waals surface area contributed by atoms with Gasteiger partial charge >= 0.3 is 6.09 Å². The summed E-state index contributed by atoms with van der Waals surface area (Å²) in [7, 11) is 1.87. The molecule has 0 saturated carbocycles. The second-order valence-corrected chi connectivity index (χ2v) is 13.0. The lowest BCUT2D eigenvalue weighted by Crippen LogP contribution is -2.40. The molecule has 2 N–H and O–H groups in total. The topological polar surface area (TPSA) is 91.7 Å². The molecule has 224 valence electrons. The predicted octanol–water partition coefficient (Wildman–Crippen LogP) is 6.41. The van der Waals surface area contributed by atoms with E-state index >= 15 is 0 Å². The number of carbonyl (C=O) groups excluding carboxylic acids is 2. The molecule has 1 saturated heterocycles. The van der Waals surface area contributed by atoms with Crippen molar-refractivity contribution < 1.29 is 14.3 Å². The summed E-state index contributed by atoms with van der Waals surface area (Å²) < 4.78 is 7.45. The van der Waals surface area contributed by atoms with Gasteiger partial charge in [-0.25, -0.2) is 4.79 Å². The van der Waals surface area contributed by atoms with E-state index in [-0.39, 0.29) is 18.6 Å². The van der Waals surface area contributed by atoms with Crippen LogP contribution in [0.25, 0.3) is 0 Å². The molecule has 2 aliphatic rings. The average molecular weight is 593 g/mol. The number of hydrogen-bond acceptors (Lipinski definition) is 6. The largest absolute Gasteiger partial charge is 0.446 e. The van der Waals surface area contributed by atoms with Crippen molar-refractivity contribution >= 4 is 40.8 Å². The molecule has 2 aliphatic heterocycles. The summed E-state index contributed by atoms with van der Waals surface area (Å²) in [6, 6.07) is 11.2. The molecular formula is C32H41ClN6O3. The molecule has 42 heavy (non-hydrogen) atoms. The Morgan fingerprint density at radius 2 is 1.90 bits per heavy atom. The maximum absolute atomic E-state index is 13.8. The highest BCUT2D eigenvalue weighted by Gasteiger charge is 2.28. The van der Waals surface area contributed by atoms with Gasteiger partial charge in [-0.15, -0.1) is 0 Å². The van der Waals surface area contributed by atoms with Crippen LogP contribution >= 0.6 is 11.6 Å². The number of nitrogens with one attached hydrogen (secondary N) is 2. The normalized spacial score (nSPS) is 15.8. The van der Waals surface area contributed by atoms with Gasteiger partial charge in [0.05, 0.1) is 34.7 Å². The van der Waals surface area contributed by atoms with E-state index in [0.717, 1.165) is 72.8 Å². The van der Waals surface area contributed by atoms with Crippen LogP contribution in [0.15, 0.2) is 42.6 Å². The van der Waals surface area contributed by atoms with Crippen molar-refractivity contribution in [2.45, 2.75) is 66.2 Å². The molecule has 10 heteroatoms. The highest BCUT2D eigenvalue weighted by Crippen LogP contribution is 2.37. The van der Waals surface area contributed by atoms with E-state index in [1.54, 1.807) is 27.9 Å². The van der Waals surface area contributed by atoms with E-state index in [2.05, 4.69) is 41.4 Å². The van der Waals surface area contributed by atoms with Crippen LogP contribution in [0, 0.1) is 12.3 Å². The Labute approximate surface area is 253 Å². The predicted molar refractivity (Wildman–Crippen MR) is 166 cm³/mol. The summed E-state index contributed by atoms with van der Waals surface area (Å²) >= 11 is 6.65. The zero-order chi connectivity index (χ0) is 30.0. The minimum absolute atomic E-state index is 0.0745. The van der Waals surface area contributed by atoms with Crippen molar-refractivity contribution in [3.8, 4) is 0 Å². The van der Waals surface area contributed by atoms with E-state index in [9.17, 15) is 9.59 Å². The van der Waals surface area contributed by atoms with Gasteiger partial charge in [0.25, 0.3) is 5.91 Å². The number of anilines is 3. The van der Waals surface area contributed by atoms with Gasteiger partial charge in [-0.2, -0.15) is 5.10 Å². The summed E-state index contributed by atoms with van der Waals surface area (Å²) in [5.41, 5.74) is 5.08. The van der Waals surface area contributed by atoms with Crippen molar-refractivity contribution in [2.24, 2.45) is 12.5 Å². The number of carbonyl (C=O) groups is 2. The minimum atomic E-state index is -0.435. The van der Waals surface area contributed by atoms with Gasteiger partial charge in [0.15, 0.2) is 0 Å². The number of halogens is 1. The quantitative estimate of drug-likeness (QED) is 0.343. The van der Waals surface area contributed by atoms with Crippen LogP contribution in [0.5, 0.6) is 0 Å². The Morgan fingerprint density at radius 3 is 2.62 bits per heavy atom. The molecule has 0 radical (unpaired) electrons. The maximum Gasteiger partial charge on any atom is 0.407 e. The fourth-order valence-corrected chi connectivity index (χ4v) is 5.69. The first kappa shape index (κ1) is 29.9. The standard InChI is InChI=1S/C32H41ClN6O3/c1-21-6-9-28-27(16-21)36-29-23(19-35-37(29)5)20-39(28)30(40)25-8-7-22(17-26(25)33)18-34-31(41)42-24-10-13-38(14-11-24)15-12-32(2,3)4/h6-9,16-17,19,24,36H,10-15,18,20H2,1-5H3,(H,34,41). The van der Waals surface area contributed by atoms with E-state index < -0.39 is 6.09 Å². The molecule has 0 unspecified atom stereocenters. The first-order valence-corrected chi connectivity index (χ1v) is 15.0. The van der Waals surface area contributed by atoms with Crippen molar-refractivity contribution in [3.63, 3.8) is 0 Å². The molecule has 9 nitrogen and oxygen atoms in total. The maximum atomic E-state index is 13.8. The van der Waals surface area contributed by atoms with Gasteiger partial charge < -0.3 is 25.2 Å². The fourth-order valence-electron chi connectivity index (χ4n) is 5.41. The fraction of sp³-hybridized carbons (Fsp3) is 0.469. The Balaban J connectivity index is 1.19. The summed E-state index contributed by atoms with van der Waals surface area (Å²) in [5.74, 6) is 0.638. The SMILES string of the molecule is Cc1ccc2c(c1)Nc1c(cnn1C)CN2C(=O)c1ccc(CNC(=O)OC2CCN(CCC(C)(C)C)CC2)cc1Cl. The van der Waals surface area contributed by atoms with Crippen LogP contribution < -0.4 is 15.5 Å². The second-order valence-electron chi connectivity index (χ2n) is 12.6. The Morgan fingerprint density at radius 1 is 1.14 bits per heavy atom. The van der Waals surface area contributed by atoms with Crippen LogP contribution in [0.3, 0.4) is 0 Å². The van der Waals surface area contributed by atoms with Gasteiger partial charge in [0.2, 0.25) is 0 Å². The van der Waals surface area contributed by atoms with Crippen LogP contribution in [0.4, 0.5) is 22.0 Å². The van der Waals surface area contributed by atoms with Gasteiger partial charge in [0, 0.05) is 32.2 Å². The molecule has 0 atom stereocenters. The summed E-state index contributed by atoms with van der Waals surface area (Å²) in [5, 5.41) is 11.0. The number of fused-ring (bicyclic) bond motifs is 2. The third-order valence-corrected chi connectivity index (χ3v) is 8.28. The Kier molecular flexibility index (Phi) is 8.80. The zero-order valence-corrected chi connectivity index (χ0v) is 25.9. The first-order valence-electron chi connectivity index (χ1n) is 14.6. The van der Waals surface area contributed by atoms with Crippen LogP contribution in [-0.4, -0.2) is 52.4 Å². The van der Waals surface area contributed by atoms with Crippen molar-refractivity contribution in [2.75, 3.05) is 29.9 Å². The third-order valence-electron chi connectivity index (χ3n) is 7.97. The summed E-state index contributed by atoms with van der Waals surface area (Å²) in [4.78, 5) is 30.5.